The molecule has 3 aromatic heterocycles. The molecule has 4 aliphatic rings. The van der Waals surface area contributed by atoms with Gasteiger partial charge in [-0.2, -0.15) is 10.2 Å². The predicted molar refractivity (Wildman–Crippen MR) is 250 cm³/mol. The van der Waals surface area contributed by atoms with Crippen LogP contribution >= 0.6 is 11.6 Å². The number of aromatic amines is 2. The minimum atomic E-state index is -1.09. The topological polar surface area (TPSA) is 329 Å². The Morgan fingerprint density at radius 3 is 2.01 bits per heavy atom. The van der Waals surface area contributed by atoms with Crippen molar-refractivity contribution in [2.45, 2.75) is 128 Å². The van der Waals surface area contributed by atoms with Gasteiger partial charge in [-0.1, -0.05) is 41.9 Å². The van der Waals surface area contributed by atoms with Crippen molar-refractivity contribution in [3.05, 3.63) is 111 Å². The maximum Gasteiger partial charge on any atom is 0.421 e. The van der Waals surface area contributed by atoms with Gasteiger partial charge in [0.05, 0.1) is 16.1 Å². The minimum absolute atomic E-state index is 0.113. The van der Waals surface area contributed by atoms with E-state index < -0.39 is 58.2 Å². The van der Waals surface area contributed by atoms with Gasteiger partial charge in [-0.25, -0.2) is 34.6 Å². The number of aryl methyl sites for hydroxylation is 2. The number of hydrazine groups is 1. The van der Waals surface area contributed by atoms with Crippen molar-refractivity contribution in [1.29, 1.82) is 0 Å². The van der Waals surface area contributed by atoms with Gasteiger partial charge in [-0.15, -0.1) is 0 Å². The quantitative estimate of drug-likeness (QED) is 0.0271. The molecule has 70 heavy (non-hydrogen) atoms. The van der Waals surface area contributed by atoms with E-state index in [1.54, 1.807) is 39.2 Å². The van der Waals surface area contributed by atoms with E-state index in [9.17, 15) is 33.2 Å². The highest BCUT2D eigenvalue weighted by molar-refractivity contribution is 6.44. The average molecular weight is 990 g/mol. The predicted octanol–water partition coefficient (Wildman–Crippen LogP) is 5.18. The third-order valence-corrected chi connectivity index (χ3v) is 11.7. The highest BCUT2D eigenvalue weighted by Crippen LogP contribution is 2.44. The second kappa shape index (κ2) is 21.2. The molecule has 5 aromatic rings. The van der Waals surface area contributed by atoms with E-state index in [1.807, 2.05) is 42.7 Å². The Morgan fingerprint density at radius 2 is 1.51 bits per heavy atom. The van der Waals surface area contributed by atoms with E-state index in [-0.39, 0.29) is 22.7 Å². The van der Waals surface area contributed by atoms with Gasteiger partial charge in [-0.05, 0) is 122 Å². The number of nitrogens with zero attached hydrogens (tertiary/aromatic N) is 5. The number of aliphatic carboxylic acids is 1. The summed E-state index contributed by atoms with van der Waals surface area (Å²) in [4.78, 5) is 80.4. The third kappa shape index (κ3) is 13.1. The molecule has 24 heteroatoms. The van der Waals surface area contributed by atoms with E-state index in [1.165, 1.54) is 12.1 Å². The van der Waals surface area contributed by atoms with Crippen LogP contribution in [0.1, 0.15) is 127 Å². The lowest BCUT2D eigenvalue weighted by atomic mass is 10.0. The van der Waals surface area contributed by atoms with Crippen LogP contribution < -0.4 is 33.0 Å². The van der Waals surface area contributed by atoms with E-state index in [4.69, 9.17) is 37.8 Å². The van der Waals surface area contributed by atoms with E-state index in [0.717, 1.165) is 42.5 Å². The number of nitrogens with one attached hydrogen (secondary N) is 6. The van der Waals surface area contributed by atoms with Crippen molar-refractivity contribution >= 4 is 53.0 Å². The maximum absolute atomic E-state index is 13.5. The van der Waals surface area contributed by atoms with Gasteiger partial charge < -0.3 is 40.8 Å². The minimum Gasteiger partial charge on any atom is -0.480 e. The summed E-state index contributed by atoms with van der Waals surface area (Å²) in [7, 11) is 0. The molecule has 0 radical (unpaired) electrons. The summed E-state index contributed by atoms with van der Waals surface area (Å²) in [6.45, 7) is 11.3. The molecule has 3 saturated carbocycles. The lowest BCUT2D eigenvalue weighted by Crippen LogP contribution is -2.43. The first-order valence-corrected chi connectivity index (χ1v) is 22.7. The van der Waals surface area contributed by atoms with Gasteiger partial charge in [0.1, 0.15) is 46.4 Å². The second-order valence-corrected chi connectivity index (χ2v) is 18.8. The van der Waals surface area contributed by atoms with Crippen molar-refractivity contribution < 1.29 is 47.7 Å². The zero-order valence-electron chi connectivity index (χ0n) is 39.5. The SMILES string of the molecule is CC(C)(C)OC(=O)NN.Cc1nc(C2(N)CC2)n[nH]1.Cc1nc(C2(NC(=O)C(=O)c3c(C)c(C(=O)Nc4ccc(F)c(Cl)c4)n4c3CCC4)CC2)n[nH]1.O=C(NC1(C(=O)O)CC1)OCc1ccccc1. The van der Waals surface area contributed by atoms with Gasteiger partial charge in [0.25, 0.3) is 17.6 Å². The first-order valence-electron chi connectivity index (χ1n) is 22.3. The number of H-pyrrole nitrogens is 2. The number of alkyl carbamates (subject to hydrolysis) is 1. The normalized spacial score (nSPS) is 15.9. The first kappa shape index (κ1) is 52.1. The number of aromatic nitrogens is 7. The average Bonchev–Trinajstić information content (AvgIpc) is 4.24. The summed E-state index contributed by atoms with van der Waals surface area (Å²) < 4.78 is 24.9. The summed E-state index contributed by atoms with van der Waals surface area (Å²) >= 11 is 5.82. The van der Waals surface area contributed by atoms with Crippen molar-refractivity contribution in [2.24, 2.45) is 11.6 Å². The van der Waals surface area contributed by atoms with Crippen LogP contribution in [0.25, 0.3) is 0 Å². The zero-order valence-corrected chi connectivity index (χ0v) is 40.3. The Hall–Kier alpha value is -7.24. The Bertz CT molecular complexity index is 2760. The number of nitrogens with two attached hydrogens (primary N) is 2. The van der Waals surface area contributed by atoms with Crippen LogP contribution in [0.5, 0.6) is 0 Å². The molecular formula is C46H57ClFN13O9. The number of rotatable bonds is 11. The maximum atomic E-state index is 13.5. The number of amides is 4. The Kier molecular flexibility index (Phi) is 15.8. The fourth-order valence-electron chi connectivity index (χ4n) is 7.25. The molecule has 9 rings (SSSR count). The molecule has 11 N–H and O–H groups in total. The van der Waals surface area contributed by atoms with Crippen LogP contribution in [0.2, 0.25) is 5.02 Å². The molecule has 4 amide bonds. The fraction of sp³-hybridized carbons (Fsp3) is 0.435. The molecule has 3 fully saturated rings. The third-order valence-electron chi connectivity index (χ3n) is 11.4. The van der Waals surface area contributed by atoms with Gasteiger partial charge >= 0.3 is 18.2 Å². The smallest absolute Gasteiger partial charge is 0.421 e. The van der Waals surface area contributed by atoms with Crippen LogP contribution in [0, 0.1) is 26.6 Å². The number of halogens is 2. The number of carboxylic acids is 1. The molecular weight excluding hydrogens is 933 g/mol. The van der Waals surface area contributed by atoms with Crippen LogP contribution in [-0.2, 0) is 49.7 Å². The van der Waals surface area contributed by atoms with Crippen LogP contribution in [-0.4, -0.2) is 86.9 Å². The number of ketones is 1. The highest BCUT2D eigenvalue weighted by Gasteiger charge is 2.52. The van der Waals surface area contributed by atoms with Gasteiger partial charge in [0, 0.05) is 17.9 Å². The molecule has 0 saturated heterocycles. The Morgan fingerprint density at radius 1 is 0.886 bits per heavy atom. The number of hydrogen-bond donors (Lipinski definition) is 9. The summed E-state index contributed by atoms with van der Waals surface area (Å²) in [6, 6.07) is 13.1. The number of carbonyl (C=O) groups excluding carboxylic acids is 5. The van der Waals surface area contributed by atoms with Gasteiger partial charge in [-0.3, -0.25) is 30.0 Å². The Balaban J connectivity index is 0.000000183. The second-order valence-electron chi connectivity index (χ2n) is 18.4. The van der Waals surface area contributed by atoms with Gasteiger partial charge in [0.15, 0.2) is 11.6 Å². The van der Waals surface area contributed by atoms with E-state index in [0.29, 0.717) is 72.9 Å². The number of benzene rings is 2. The number of carboxylic acid groups (broad SMARTS) is 1. The van der Waals surface area contributed by atoms with Gasteiger partial charge in [0.2, 0.25) is 0 Å². The van der Waals surface area contributed by atoms with Crippen molar-refractivity contribution in [2.75, 3.05) is 5.32 Å². The standard InChI is InChI=1S/C23H22ClFN6O3.C12H13NO4.C6H10N4.C5H12N2O2/c1-11-17(19(32)21(34)28-23(7-8-23)22-26-12(2)29-30-22)16-4-3-9-31(16)18(11)20(33)27-13-5-6-15(25)14(24)10-13;14-10(15)12(6-7-12)13-11(16)17-8-9-4-2-1-3-5-9;1-4-8-5(10-9-4)6(7)2-3-6;1-5(2,3)9-4(8)7-6/h5-6,10H,3-4,7-9H2,1-2H3,(H,27,33)(H,28,34)(H,26,29,30);1-5H,6-8H2,(H,13,16)(H,14,15);2-3,7H2,1H3,(H,8,9,10);6H2,1-3H3,(H,7,8). The molecule has 0 spiro atoms. The number of carbonyl (C=O) groups is 6. The zero-order chi connectivity index (χ0) is 51.2. The molecule has 22 nitrogen and oxygen atoms in total. The number of fused-ring (bicyclic) bond motifs is 1. The molecule has 0 atom stereocenters. The molecule has 2 aromatic carbocycles. The first-order chi connectivity index (χ1) is 33.0. The number of ether oxygens (including phenoxy) is 2. The van der Waals surface area contributed by atoms with Crippen LogP contribution in [0.15, 0.2) is 48.5 Å². The van der Waals surface area contributed by atoms with Crippen LogP contribution in [0.3, 0.4) is 0 Å². The van der Waals surface area contributed by atoms with E-state index in [2.05, 4.69) is 46.3 Å². The van der Waals surface area contributed by atoms with Crippen LogP contribution in [0.4, 0.5) is 19.7 Å². The van der Waals surface area contributed by atoms with Crippen molar-refractivity contribution in [1.82, 2.24) is 51.0 Å². The summed E-state index contributed by atoms with van der Waals surface area (Å²) in [5.74, 6) is 3.95. The summed E-state index contributed by atoms with van der Waals surface area (Å²) in [6.07, 6.45) is 4.28. The monoisotopic (exact) mass is 989 g/mol. The molecule has 0 bridgehead atoms. The highest BCUT2D eigenvalue weighted by atomic mass is 35.5. The molecule has 374 valence electrons. The number of hydrogen-bond acceptors (Lipinski definition) is 14. The molecule has 3 aliphatic carbocycles. The molecule has 4 heterocycles. The van der Waals surface area contributed by atoms with E-state index >= 15 is 0 Å². The largest absolute Gasteiger partial charge is 0.480 e. The lowest BCUT2D eigenvalue weighted by molar-refractivity contribution is -0.140. The summed E-state index contributed by atoms with van der Waals surface area (Å²) in [5, 5.41) is 30.3. The molecule has 0 unspecified atom stereocenters. The van der Waals surface area contributed by atoms with Crippen molar-refractivity contribution in [3.8, 4) is 0 Å². The summed E-state index contributed by atoms with van der Waals surface area (Å²) in [5.41, 5.74) is 8.04. The Labute approximate surface area is 406 Å². The lowest BCUT2D eigenvalue weighted by Gasteiger charge is -2.18. The number of anilines is 1. The fourth-order valence-corrected chi connectivity index (χ4v) is 7.43. The molecule has 1 aliphatic heterocycles. The number of Topliss-reactive ketones (excluding diaryl/α,β-unsaturated/α-hetero) is 1. The van der Waals surface area contributed by atoms with Crippen molar-refractivity contribution in [3.63, 3.8) is 0 Å².